The smallest absolute Gasteiger partial charge is 0.123 e. The Morgan fingerprint density at radius 2 is 1.78 bits per heavy atom. The molecule has 1 atom stereocenters. The van der Waals surface area contributed by atoms with Gasteiger partial charge in [0.1, 0.15) is 17.6 Å². The first-order valence-electron chi connectivity index (χ1n) is 8.43. The molecule has 136 valence electrons. The highest BCUT2D eigenvalue weighted by Gasteiger charge is 2.25. The summed E-state index contributed by atoms with van der Waals surface area (Å²) in [4.78, 5) is 4.07. The number of aromatic nitrogens is 3. The number of nitrogens with zero attached hydrogens (tertiary/aromatic N) is 3. The van der Waals surface area contributed by atoms with E-state index in [0.29, 0.717) is 17.0 Å². The van der Waals surface area contributed by atoms with E-state index in [1.165, 1.54) is 12.1 Å². The monoisotopic (exact) mass is 361 g/mol. The summed E-state index contributed by atoms with van der Waals surface area (Å²) in [5.41, 5.74) is 4.23. The van der Waals surface area contributed by atoms with E-state index in [0.717, 1.165) is 16.7 Å². The summed E-state index contributed by atoms with van der Waals surface area (Å²) in [6, 6.07) is 9.83. The summed E-state index contributed by atoms with van der Waals surface area (Å²) in [7, 11) is 1.77. The Balaban J connectivity index is 2.28. The minimum Gasteiger partial charge on any atom is -0.382 e. The first-order chi connectivity index (χ1) is 13.1. The van der Waals surface area contributed by atoms with Crippen LogP contribution >= 0.6 is 0 Å². The fraction of sp³-hybridized carbons (Fsp3) is 0.0909. The third-order valence-corrected chi connectivity index (χ3v) is 4.30. The van der Waals surface area contributed by atoms with Gasteiger partial charge in [-0.1, -0.05) is 31.4 Å². The second-order valence-electron chi connectivity index (χ2n) is 5.98. The van der Waals surface area contributed by atoms with Gasteiger partial charge in [0.05, 0.1) is 5.69 Å². The molecule has 0 aliphatic rings. The summed E-state index contributed by atoms with van der Waals surface area (Å²) < 4.78 is 15.0. The topological polar surface area (TPSA) is 50.9 Å². The number of aryl methyl sites for hydroxylation is 1. The molecule has 1 N–H and O–H groups in total. The van der Waals surface area contributed by atoms with Crippen LogP contribution in [0.2, 0.25) is 0 Å². The van der Waals surface area contributed by atoms with Crippen LogP contribution in [0.5, 0.6) is 0 Å². The number of benzene rings is 1. The van der Waals surface area contributed by atoms with E-state index in [1.54, 1.807) is 54.5 Å². The van der Waals surface area contributed by atoms with Crippen molar-refractivity contribution in [1.82, 2.24) is 14.8 Å². The highest BCUT2D eigenvalue weighted by atomic mass is 19.1. The summed E-state index contributed by atoms with van der Waals surface area (Å²) in [5.74, 6) is -0.316. The summed E-state index contributed by atoms with van der Waals surface area (Å²) in [6.07, 6.45) is 7.31. The van der Waals surface area contributed by atoms with E-state index in [1.807, 2.05) is 12.1 Å². The number of pyridine rings is 1. The molecule has 0 spiro atoms. The standard InChI is InChI=1S/C22H20FN3O/c1-4-6-15(5-2)22(27)21-19(16-11-13-24-14-12-16)20(25-26(21)3)17-7-9-18(23)10-8-17/h4-14,22,27H,1-2H2,3H3/b15-6+. The normalized spacial score (nSPS) is 12.6. The molecule has 4 nitrogen and oxygen atoms in total. The number of allylic oxidation sites excluding steroid dienone is 2. The van der Waals surface area contributed by atoms with Gasteiger partial charge in [0, 0.05) is 30.6 Å². The first kappa shape index (κ1) is 18.5. The predicted molar refractivity (Wildman–Crippen MR) is 105 cm³/mol. The number of halogens is 1. The molecule has 2 aromatic heterocycles. The predicted octanol–water partition coefficient (Wildman–Crippen LogP) is 4.62. The van der Waals surface area contributed by atoms with E-state index in [4.69, 9.17) is 0 Å². The molecule has 0 saturated carbocycles. The number of aliphatic hydroxyl groups excluding tert-OH is 1. The van der Waals surface area contributed by atoms with E-state index in [2.05, 4.69) is 23.2 Å². The molecule has 3 aromatic rings. The molecule has 3 rings (SSSR count). The highest BCUT2D eigenvalue weighted by Crippen LogP contribution is 2.39. The number of rotatable bonds is 6. The van der Waals surface area contributed by atoms with Gasteiger partial charge in [-0.3, -0.25) is 9.67 Å². The largest absolute Gasteiger partial charge is 0.382 e. The molecular formula is C22H20FN3O. The van der Waals surface area contributed by atoms with Gasteiger partial charge in [0.2, 0.25) is 0 Å². The lowest BCUT2D eigenvalue weighted by Gasteiger charge is -2.15. The zero-order valence-electron chi connectivity index (χ0n) is 15.0. The lowest BCUT2D eigenvalue weighted by Crippen LogP contribution is -2.08. The Morgan fingerprint density at radius 3 is 2.37 bits per heavy atom. The highest BCUT2D eigenvalue weighted by molar-refractivity contribution is 5.83. The maximum atomic E-state index is 13.4. The van der Waals surface area contributed by atoms with Crippen LogP contribution in [-0.2, 0) is 7.05 Å². The van der Waals surface area contributed by atoms with Crippen molar-refractivity contribution in [2.24, 2.45) is 7.05 Å². The van der Waals surface area contributed by atoms with Gasteiger partial charge in [-0.15, -0.1) is 0 Å². The van der Waals surface area contributed by atoms with Crippen LogP contribution in [0.25, 0.3) is 22.4 Å². The van der Waals surface area contributed by atoms with Crippen LogP contribution in [0, 0.1) is 5.82 Å². The van der Waals surface area contributed by atoms with Crippen LogP contribution in [0.4, 0.5) is 4.39 Å². The quantitative estimate of drug-likeness (QED) is 0.652. The molecule has 1 aromatic carbocycles. The minimum atomic E-state index is -0.949. The van der Waals surface area contributed by atoms with Crippen molar-refractivity contribution in [2.75, 3.05) is 0 Å². The third-order valence-electron chi connectivity index (χ3n) is 4.30. The van der Waals surface area contributed by atoms with Gasteiger partial charge in [0.25, 0.3) is 0 Å². The number of hydrogen-bond acceptors (Lipinski definition) is 3. The van der Waals surface area contributed by atoms with Crippen LogP contribution in [0.1, 0.15) is 11.8 Å². The number of hydrogen-bond donors (Lipinski definition) is 1. The Kier molecular flexibility index (Phi) is 5.43. The SMILES string of the molecule is C=C/C=C(\C=C)C(O)c1c(-c2ccncc2)c(-c2ccc(F)cc2)nn1C. The molecule has 0 saturated heterocycles. The summed E-state index contributed by atoms with van der Waals surface area (Å²) in [5, 5.41) is 15.6. The Morgan fingerprint density at radius 1 is 1.11 bits per heavy atom. The molecule has 0 radical (unpaired) electrons. The number of aliphatic hydroxyl groups is 1. The van der Waals surface area contributed by atoms with Crippen molar-refractivity contribution in [3.63, 3.8) is 0 Å². The van der Waals surface area contributed by atoms with E-state index < -0.39 is 6.10 Å². The molecule has 27 heavy (non-hydrogen) atoms. The molecule has 1 unspecified atom stereocenters. The van der Waals surface area contributed by atoms with Gasteiger partial charge < -0.3 is 5.11 Å². The van der Waals surface area contributed by atoms with Crippen molar-refractivity contribution in [2.45, 2.75) is 6.10 Å². The third kappa shape index (κ3) is 3.64. The average molecular weight is 361 g/mol. The van der Waals surface area contributed by atoms with Crippen LogP contribution in [-0.4, -0.2) is 19.9 Å². The Hall–Kier alpha value is -3.31. The van der Waals surface area contributed by atoms with Gasteiger partial charge >= 0.3 is 0 Å². The van der Waals surface area contributed by atoms with Crippen LogP contribution in [0.3, 0.4) is 0 Å². The fourth-order valence-corrected chi connectivity index (χ4v) is 3.03. The van der Waals surface area contributed by atoms with E-state index in [-0.39, 0.29) is 5.82 Å². The maximum absolute atomic E-state index is 13.4. The Labute approximate surface area is 157 Å². The second-order valence-corrected chi connectivity index (χ2v) is 5.98. The molecule has 0 fully saturated rings. The molecule has 0 aliphatic carbocycles. The summed E-state index contributed by atoms with van der Waals surface area (Å²) in [6.45, 7) is 7.46. The zero-order chi connectivity index (χ0) is 19.4. The lowest BCUT2D eigenvalue weighted by molar-refractivity contribution is 0.209. The lowest BCUT2D eigenvalue weighted by atomic mass is 9.95. The van der Waals surface area contributed by atoms with Gasteiger partial charge in [-0.25, -0.2) is 4.39 Å². The molecule has 0 amide bonds. The van der Waals surface area contributed by atoms with Crippen molar-refractivity contribution in [3.05, 3.63) is 97.3 Å². The fourth-order valence-electron chi connectivity index (χ4n) is 3.03. The first-order valence-corrected chi connectivity index (χ1v) is 8.43. The molecule has 2 heterocycles. The average Bonchev–Trinajstić information content (AvgIpc) is 3.04. The second kappa shape index (κ2) is 7.93. The maximum Gasteiger partial charge on any atom is 0.123 e. The van der Waals surface area contributed by atoms with Gasteiger partial charge in [-0.2, -0.15) is 5.10 Å². The minimum absolute atomic E-state index is 0.316. The van der Waals surface area contributed by atoms with E-state index >= 15 is 0 Å². The van der Waals surface area contributed by atoms with Gasteiger partial charge in [0.15, 0.2) is 0 Å². The zero-order valence-corrected chi connectivity index (χ0v) is 15.0. The van der Waals surface area contributed by atoms with Crippen molar-refractivity contribution in [3.8, 4) is 22.4 Å². The van der Waals surface area contributed by atoms with E-state index in [9.17, 15) is 9.50 Å². The van der Waals surface area contributed by atoms with Crippen LogP contribution in [0.15, 0.2) is 85.8 Å². The van der Waals surface area contributed by atoms with Crippen LogP contribution < -0.4 is 0 Å². The molecule has 0 bridgehead atoms. The summed E-state index contributed by atoms with van der Waals surface area (Å²) >= 11 is 0. The molecule has 0 aliphatic heterocycles. The molecular weight excluding hydrogens is 341 g/mol. The van der Waals surface area contributed by atoms with Crippen molar-refractivity contribution in [1.29, 1.82) is 0 Å². The van der Waals surface area contributed by atoms with Crippen molar-refractivity contribution >= 4 is 0 Å². The molecule has 5 heteroatoms. The van der Waals surface area contributed by atoms with Crippen molar-refractivity contribution < 1.29 is 9.50 Å². The Bertz CT molecular complexity index is 988. The van der Waals surface area contributed by atoms with Gasteiger partial charge in [-0.05, 0) is 47.5 Å².